The maximum absolute atomic E-state index is 12.3. The van der Waals surface area contributed by atoms with Crippen LogP contribution in [0.2, 0.25) is 0 Å². The molecule has 0 fully saturated rings. The van der Waals surface area contributed by atoms with Gasteiger partial charge in [-0.05, 0) is 35.3 Å². The van der Waals surface area contributed by atoms with Crippen molar-refractivity contribution in [2.75, 3.05) is 12.4 Å². The van der Waals surface area contributed by atoms with E-state index in [4.69, 9.17) is 14.2 Å². The van der Waals surface area contributed by atoms with Gasteiger partial charge in [-0.3, -0.25) is 4.79 Å². The van der Waals surface area contributed by atoms with Crippen molar-refractivity contribution in [3.05, 3.63) is 71.7 Å². The summed E-state index contributed by atoms with van der Waals surface area (Å²) in [6.07, 6.45) is 2.55. The highest BCUT2D eigenvalue weighted by Crippen LogP contribution is 2.21. The number of fused-ring (bicyclic) bond motifs is 1. The van der Waals surface area contributed by atoms with Crippen molar-refractivity contribution in [1.82, 2.24) is 14.7 Å². The molecule has 2 aromatic carbocycles. The monoisotopic (exact) mass is 404 g/mol. The third kappa shape index (κ3) is 4.51. The van der Waals surface area contributed by atoms with E-state index in [1.54, 1.807) is 6.07 Å². The molecule has 0 unspecified atom stereocenters. The number of ether oxygens (including phenoxy) is 1. The number of hydrogen-bond acceptors (Lipinski definition) is 5. The minimum Gasteiger partial charge on any atom is -0.479 e. The standard InChI is InChI=1S/C23H24N4O3/c1-27-20-11-9-17(24-22(28)13-10-18-15-23(29-2)26-30-18)14-19(20)25-21(27)12-8-16-6-4-3-5-7-16/h3-7,9,11,14-15H,8,10,12-13H2,1-2H3,(H,24,28). The Morgan fingerprint density at radius 1 is 1.10 bits per heavy atom. The molecule has 0 saturated heterocycles. The topological polar surface area (TPSA) is 82.2 Å². The van der Waals surface area contributed by atoms with E-state index in [1.807, 2.05) is 31.3 Å². The molecule has 2 heterocycles. The van der Waals surface area contributed by atoms with E-state index >= 15 is 0 Å². The van der Waals surface area contributed by atoms with E-state index in [9.17, 15) is 4.79 Å². The van der Waals surface area contributed by atoms with Gasteiger partial charge in [0.05, 0.1) is 18.1 Å². The first-order valence-corrected chi connectivity index (χ1v) is 9.91. The lowest BCUT2D eigenvalue weighted by atomic mass is 10.1. The Labute approximate surface area is 174 Å². The molecule has 0 atom stereocenters. The predicted molar refractivity (Wildman–Crippen MR) is 115 cm³/mol. The maximum atomic E-state index is 12.3. The molecule has 154 valence electrons. The van der Waals surface area contributed by atoms with E-state index in [0.29, 0.717) is 24.5 Å². The number of rotatable bonds is 8. The van der Waals surface area contributed by atoms with Crippen LogP contribution < -0.4 is 10.1 Å². The van der Waals surface area contributed by atoms with Gasteiger partial charge in [0, 0.05) is 38.1 Å². The first-order valence-electron chi connectivity index (χ1n) is 9.91. The van der Waals surface area contributed by atoms with E-state index in [2.05, 4.69) is 39.3 Å². The Kier molecular flexibility index (Phi) is 5.79. The molecule has 1 N–H and O–H groups in total. The summed E-state index contributed by atoms with van der Waals surface area (Å²) in [4.78, 5) is 17.1. The average molecular weight is 404 g/mol. The summed E-state index contributed by atoms with van der Waals surface area (Å²) < 4.78 is 12.2. The molecule has 0 aliphatic heterocycles. The average Bonchev–Trinajstić information content (AvgIpc) is 3.35. The molecule has 4 rings (SSSR count). The van der Waals surface area contributed by atoms with Crippen molar-refractivity contribution in [1.29, 1.82) is 0 Å². The SMILES string of the molecule is COc1cc(CCC(=O)Nc2ccc3c(c2)nc(CCc2ccccc2)n3C)on1. The number of aryl methyl sites for hydroxylation is 4. The van der Waals surface area contributed by atoms with Gasteiger partial charge in [-0.2, -0.15) is 0 Å². The minimum absolute atomic E-state index is 0.0926. The number of carbonyl (C=O) groups is 1. The number of carbonyl (C=O) groups excluding carboxylic acids is 1. The van der Waals surface area contributed by atoms with Gasteiger partial charge in [0.15, 0.2) is 0 Å². The van der Waals surface area contributed by atoms with E-state index in [0.717, 1.165) is 35.4 Å². The largest absolute Gasteiger partial charge is 0.479 e. The first kappa shape index (κ1) is 19.7. The summed E-state index contributed by atoms with van der Waals surface area (Å²) in [5.74, 6) is 1.96. The summed E-state index contributed by atoms with van der Waals surface area (Å²) >= 11 is 0. The summed E-state index contributed by atoms with van der Waals surface area (Å²) in [7, 11) is 3.55. The van der Waals surface area contributed by atoms with E-state index in [1.165, 1.54) is 12.7 Å². The van der Waals surface area contributed by atoms with Gasteiger partial charge in [-0.15, -0.1) is 0 Å². The zero-order valence-electron chi connectivity index (χ0n) is 17.1. The summed E-state index contributed by atoms with van der Waals surface area (Å²) in [5, 5.41) is 6.67. The lowest BCUT2D eigenvalue weighted by molar-refractivity contribution is -0.116. The molecule has 0 spiro atoms. The van der Waals surface area contributed by atoms with Crippen LogP contribution in [0.4, 0.5) is 5.69 Å². The van der Waals surface area contributed by atoms with Crippen molar-refractivity contribution in [2.45, 2.75) is 25.7 Å². The number of nitrogens with one attached hydrogen (secondary N) is 1. The fourth-order valence-corrected chi connectivity index (χ4v) is 3.42. The van der Waals surface area contributed by atoms with Crippen LogP contribution in [0.25, 0.3) is 11.0 Å². The molecular weight excluding hydrogens is 380 g/mol. The Morgan fingerprint density at radius 2 is 1.93 bits per heavy atom. The zero-order chi connectivity index (χ0) is 20.9. The van der Waals surface area contributed by atoms with Crippen molar-refractivity contribution in [3.8, 4) is 5.88 Å². The highest BCUT2D eigenvalue weighted by Gasteiger charge is 2.11. The van der Waals surface area contributed by atoms with Crippen molar-refractivity contribution >= 4 is 22.6 Å². The first-order chi connectivity index (χ1) is 14.6. The number of aromatic nitrogens is 3. The van der Waals surface area contributed by atoms with Crippen LogP contribution >= 0.6 is 0 Å². The Morgan fingerprint density at radius 3 is 2.70 bits per heavy atom. The predicted octanol–water partition coefficient (Wildman–Crippen LogP) is 3.93. The molecule has 1 amide bonds. The zero-order valence-corrected chi connectivity index (χ0v) is 17.1. The van der Waals surface area contributed by atoms with Crippen LogP contribution in [0.5, 0.6) is 5.88 Å². The van der Waals surface area contributed by atoms with Gasteiger partial charge < -0.3 is 19.1 Å². The number of imidazole rings is 1. The summed E-state index contributed by atoms with van der Waals surface area (Å²) in [6, 6.07) is 17.9. The van der Waals surface area contributed by atoms with E-state index < -0.39 is 0 Å². The Bertz CT molecular complexity index is 1150. The number of hydrogen-bond donors (Lipinski definition) is 1. The van der Waals surface area contributed by atoms with Crippen molar-refractivity contribution < 1.29 is 14.1 Å². The summed E-state index contributed by atoms with van der Waals surface area (Å²) in [5.41, 5.74) is 3.94. The van der Waals surface area contributed by atoms with Gasteiger partial charge in [-0.1, -0.05) is 30.3 Å². The normalized spacial score (nSPS) is 11.0. The van der Waals surface area contributed by atoms with Gasteiger partial charge in [0.1, 0.15) is 11.6 Å². The fourth-order valence-electron chi connectivity index (χ4n) is 3.42. The minimum atomic E-state index is -0.0926. The van der Waals surface area contributed by atoms with Gasteiger partial charge in [-0.25, -0.2) is 4.98 Å². The fraction of sp³-hybridized carbons (Fsp3) is 0.261. The highest BCUT2D eigenvalue weighted by molar-refractivity contribution is 5.93. The quantitative estimate of drug-likeness (QED) is 0.481. The van der Waals surface area contributed by atoms with Crippen molar-refractivity contribution in [3.63, 3.8) is 0 Å². The smallest absolute Gasteiger partial charge is 0.254 e. The molecular formula is C23H24N4O3. The summed E-state index contributed by atoms with van der Waals surface area (Å²) in [6.45, 7) is 0. The van der Waals surface area contributed by atoms with Crippen LogP contribution in [0, 0.1) is 0 Å². The van der Waals surface area contributed by atoms with Crippen LogP contribution in [0.15, 0.2) is 59.1 Å². The second kappa shape index (κ2) is 8.82. The second-order valence-corrected chi connectivity index (χ2v) is 7.16. The van der Waals surface area contributed by atoms with Gasteiger partial charge in [0.25, 0.3) is 5.88 Å². The molecule has 0 bridgehead atoms. The molecule has 0 aliphatic rings. The lowest BCUT2D eigenvalue weighted by Gasteiger charge is -2.05. The second-order valence-electron chi connectivity index (χ2n) is 7.16. The van der Waals surface area contributed by atoms with Crippen molar-refractivity contribution in [2.24, 2.45) is 7.05 Å². The maximum Gasteiger partial charge on any atom is 0.254 e. The number of amides is 1. The lowest BCUT2D eigenvalue weighted by Crippen LogP contribution is -2.12. The Hall–Kier alpha value is -3.61. The van der Waals surface area contributed by atoms with Crippen LogP contribution in [-0.2, 0) is 31.1 Å². The number of methoxy groups -OCH3 is 1. The molecule has 0 saturated carbocycles. The van der Waals surface area contributed by atoms with E-state index in [-0.39, 0.29) is 5.91 Å². The highest BCUT2D eigenvalue weighted by atomic mass is 16.5. The molecule has 7 heteroatoms. The molecule has 0 aliphatic carbocycles. The van der Waals surface area contributed by atoms with Crippen LogP contribution in [0.1, 0.15) is 23.6 Å². The number of benzene rings is 2. The number of anilines is 1. The Balaban J connectivity index is 1.39. The molecule has 4 aromatic rings. The van der Waals surface area contributed by atoms with Crippen LogP contribution in [-0.4, -0.2) is 27.7 Å². The van der Waals surface area contributed by atoms with Gasteiger partial charge >= 0.3 is 0 Å². The molecule has 2 aromatic heterocycles. The molecule has 7 nitrogen and oxygen atoms in total. The molecule has 0 radical (unpaired) electrons. The van der Waals surface area contributed by atoms with Crippen LogP contribution in [0.3, 0.4) is 0 Å². The molecule has 30 heavy (non-hydrogen) atoms. The third-order valence-corrected chi connectivity index (χ3v) is 5.08. The number of nitrogens with zero attached hydrogens (tertiary/aromatic N) is 3. The van der Waals surface area contributed by atoms with Gasteiger partial charge in [0.2, 0.25) is 5.91 Å². The third-order valence-electron chi connectivity index (χ3n) is 5.08.